The van der Waals surface area contributed by atoms with Gasteiger partial charge in [-0.1, -0.05) is 28.1 Å². The number of carbonyl (C=O) groups is 2. The Labute approximate surface area is 136 Å². The Morgan fingerprint density at radius 3 is 2.18 bits per heavy atom. The number of Topliss-reactive ketones (excluding diaryl/α,β-unsaturated/α-hetero) is 1. The molecule has 1 atom stereocenters. The molecule has 0 aliphatic rings. The molecule has 0 spiro atoms. The smallest absolute Gasteiger partial charge is 0.239 e. The highest BCUT2D eigenvalue weighted by molar-refractivity contribution is 9.10. The van der Waals surface area contributed by atoms with Crippen LogP contribution in [0.4, 0.5) is 0 Å². The van der Waals surface area contributed by atoms with Gasteiger partial charge in [0, 0.05) is 5.56 Å². The first-order valence-electron chi connectivity index (χ1n) is 6.41. The third kappa shape index (κ3) is 3.65. The van der Waals surface area contributed by atoms with Crippen molar-refractivity contribution in [3.05, 3.63) is 54.1 Å². The van der Waals surface area contributed by atoms with Crippen LogP contribution in [0.25, 0.3) is 0 Å². The SMILES string of the molecule is COc1ccccc1Oc1ccc(C(=O)C(Br)C(N)=O)cc1. The summed E-state index contributed by atoms with van der Waals surface area (Å²) in [7, 11) is 1.56. The molecule has 0 aliphatic carbocycles. The molecule has 5 nitrogen and oxygen atoms in total. The van der Waals surface area contributed by atoms with Crippen LogP contribution in [-0.2, 0) is 4.79 Å². The first kappa shape index (κ1) is 16.0. The minimum atomic E-state index is -1.03. The van der Waals surface area contributed by atoms with Crippen molar-refractivity contribution in [3.63, 3.8) is 0 Å². The molecule has 0 saturated carbocycles. The molecule has 22 heavy (non-hydrogen) atoms. The first-order valence-corrected chi connectivity index (χ1v) is 7.33. The van der Waals surface area contributed by atoms with Crippen molar-refractivity contribution in [1.82, 2.24) is 0 Å². The maximum absolute atomic E-state index is 11.9. The number of carbonyl (C=O) groups excluding carboxylic acids is 2. The van der Waals surface area contributed by atoms with E-state index in [4.69, 9.17) is 15.2 Å². The third-order valence-corrected chi connectivity index (χ3v) is 3.78. The number of methoxy groups -OCH3 is 1. The zero-order chi connectivity index (χ0) is 16.1. The number of benzene rings is 2. The van der Waals surface area contributed by atoms with E-state index in [1.165, 1.54) is 0 Å². The highest BCUT2D eigenvalue weighted by atomic mass is 79.9. The number of amides is 1. The quantitative estimate of drug-likeness (QED) is 0.486. The number of hydrogen-bond acceptors (Lipinski definition) is 4. The molecule has 0 radical (unpaired) electrons. The zero-order valence-electron chi connectivity index (χ0n) is 11.8. The molecule has 0 saturated heterocycles. The standard InChI is InChI=1S/C16H14BrNO4/c1-21-12-4-2-3-5-13(12)22-11-8-6-10(7-9-11)15(19)14(17)16(18)20/h2-9,14H,1H3,(H2,18,20). The Hall–Kier alpha value is -2.34. The van der Waals surface area contributed by atoms with E-state index in [0.29, 0.717) is 22.8 Å². The molecule has 0 aliphatic heterocycles. The lowest BCUT2D eigenvalue weighted by atomic mass is 10.1. The Morgan fingerprint density at radius 1 is 1.05 bits per heavy atom. The van der Waals surface area contributed by atoms with Crippen molar-refractivity contribution >= 4 is 27.6 Å². The molecular weight excluding hydrogens is 350 g/mol. The van der Waals surface area contributed by atoms with Gasteiger partial charge in [0.1, 0.15) is 5.75 Å². The van der Waals surface area contributed by atoms with Crippen LogP contribution in [-0.4, -0.2) is 23.6 Å². The Balaban J connectivity index is 2.16. The second kappa shape index (κ2) is 7.09. The summed E-state index contributed by atoms with van der Waals surface area (Å²) in [6.45, 7) is 0. The van der Waals surface area contributed by atoms with Gasteiger partial charge in [-0.05, 0) is 36.4 Å². The van der Waals surface area contributed by atoms with Crippen LogP contribution in [0.1, 0.15) is 10.4 Å². The predicted molar refractivity (Wildman–Crippen MR) is 85.7 cm³/mol. The van der Waals surface area contributed by atoms with Crippen LogP contribution in [0, 0.1) is 0 Å². The van der Waals surface area contributed by atoms with Gasteiger partial charge in [0.25, 0.3) is 0 Å². The third-order valence-electron chi connectivity index (χ3n) is 2.92. The van der Waals surface area contributed by atoms with Crippen LogP contribution in [0.5, 0.6) is 17.2 Å². The summed E-state index contributed by atoms with van der Waals surface area (Å²) >= 11 is 2.96. The molecule has 1 amide bonds. The molecule has 2 aromatic carbocycles. The second-order valence-corrected chi connectivity index (χ2v) is 5.32. The molecule has 0 aromatic heterocycles. The molecule has 0 bridgehead atoms. The van der Waals surface area contributed by atoms with Crippen molar-refractivity contribution in [2.24, 2.45) is 5.73 Å². The summed E-state index contributed by atoms with van der Waals surface area (Å²) in [5.41, 5.74) is 5.46. The number of rotatable bonds is 6. The lowest BCUT2D eigenvalue weighted by Gasteiger charge is -2.10. The lowest BCUT2D eigenvalue weighted by Crippen LogP contribution is -2.30. The van der Waals surface area contributed by atoms with Crippen LogP contribution in [0.2, 0.25) is 0 Å². The van der Waals surface area contributed by atoms with Crippen molar-refractivity contribution in [2.75, 3.05) is 7.11 Å². The van der Waals surface area contributed by atoms with Gasteiger partial charge in [-0.2, -0.15) is 0 Å². The second-order valence-electron chi connectivity index (χ2n) is 4.41. The van der Waals surface area contributed by atoms with Crippen LogP contribution in [0.3, 0.4) is 0 Å². The number of hydrogen-bond donors (Lipinski definition) is 1. The molecule has 0 fully saturated rings. The summed E-state index contributed by atoms with van der Waals surface area (Å²) < 4.78 is 10.9. The first-order chi connectivity index (χ1) is 10.5. The number of halogens is 1. The minimum absolute atomic E-state index is 0.369. The van der Waals surface area contributed by atoms with E-state index in [0.717, 1.165) is 0 Å². The van der Waals surface area contributed by atoms with E-state index in [-0.39, 0.29) is 0 Å². The van der Waals surface area contributed by atoms with Crippen molar-refractivity contribution in [1.29, 1.82) is 0 Å². The van der Waals surface area contributed by atoms with Gasteiger partial charge >= 0.3 is 0 Å². The van der Waals surface area contributed by atoms with Gasteiger partial charge in [0.15, 0.2) is 22.1 Å². The summed E-state index contributed by atoms with van der Waals surface area (Å²) in [4.78, 5) is 21.9. The Bertz CT molecular complexity index is 685. The number of nitrogens with two attached hydrogens (primary N) is 1. The predicted octanol–water partition coefficient (Wildman–Crippen LogP) is 2.92. The molecule has 2 N–H and O–H groups in total. The van der Waals surface area contributed by atoms with E-state index >= 15 is 0 Å². The number of ether oxygens (including phenoxy) is 2. The fourth-order valence-corrected chi connectivity index (χ4v) is 2.06. The van der Waals surface area contributed by atoms with Crippen molar-refractivity contribution in [2.45, 2.75) is 4.83 Å². The lowest BCUT2D eigenvalue weighted by molar-refractivity contribution is -0.116. The monoisotopic (exact) mass is 363 g/mol. The average molecular weight is 364 g/mol. The van der Waals surface area contributed by atoms with E-state index in [9.17, 15) is 9.59 Å². The van der Waals surface area contributed by atoms with Crippen LogP contribution < -0.4 is 15.2 Å². The topological polar surface area (TPSA) is 78.6 Å². The van der Waals surface area contributed by atoms with E-state index in [1.54, 1.807) is 43.5 Å². The van der Waals surface area contributed by atoms with Crippen molar-refractivity contribution in [3.8, 4) is 17.2 Å². The molecule has 114 valence electrons. The molecule has 2 rings (SSSR count). The number of ketones is 1. The fourth-order valence-electron chi connectivity index (χ4n) is 1.79. The number of primary amides is 1. The van der Waals surface area contributed by atoms with Gasteiger partial charge in [-0.3, -0.25) is 9.59 Å². The minimum Gasteiger partial charge on any atom is -0.493 e. The normalized spacial score (nSPS) is 11.5. The highest BCUT2D eigenvalue weighted by Crippen LogP contribution is 2.31. The van der Waals surface area contributed by atoms with E-state index in [1.807, 2.05) is 12.1 Å². The number of alkyl halides is 1. The Morgan fingerprint density at radius 2 is 1.64 bits per heavy atom. The van der Waals surface area contributed by atoms with Crippen LogP contribution in [0.15, 0.2) is 48.5 Å². The maximum Gasteiger partial charge on any atom is 0.239 e. The van der Waals surface area contributed by atoms with E-state index in [2.05, 4.69) is 15.9 Å². The molecule has 1 unspecified atom stereocenters. The average Bonchev–Trinajstić information content (AvgIpc) is 2.54. The summed E-state index contributed by atoms with van der Waals surface area (Å²) in [5.74, 6) is 0.610. The van der Waals surface area contributed by atoms with Gasteiger partial charge in [0.2, 0.25) is 5.91 Å². The number of para-hydroxylation sites is 2. The molecule has 0 heterocycles. The molecule has 6 heteroatoms. The summed E-state index contributed by atoms with van der Waals surface area (Å²) in [6.07, 6.45) is 0. The Kier molecular flexibility index (Phi) is 5.16. The van der Waals surface area contributed by atoms with E-state index < -0.39 is 16.5 Å². The largest absolute Gasteiger partial charge is 0.493 e. The summed E-state index contributed by atoms with van der Waals surface area (Å²) in [5, 5.41) is 0. The van der Waals surface area contributed by atoms with Gasteiger partial charge in [0.05, 0.1) is 7.11 Å². The van der Waals surface area contributed by atoms with Gasteiger partial charge in [-0.25, -0.2) is 0 Å². The highest BCUT2D eigenvalue weighted by Gasteiger charge is 2.22. The van der Waals surface area contributed by atoms with Gasteiger partial charge < -0.3 is 15.2 Å². The van der Waals surface area contributed by atoms with Gasteiger partial charge in [-0.15, -0.1) is 0 Å². The fraction of sp³-hybridized carbons (Fsp3) is 0.125. The van der Waals surface area contributed by atoms with Crippen LogP contribution >= 0.6 is 15.9 Å². The maximum atomic E-state index is 11.9. The molecular formula is C16H14BrNO4. The zero-order valence-corrected chi connectivity index (χ0v) is 13.4. The van der Waals surface area contributed by atoms with Crippen molar-refractivity contribution < 1.29 is 19.1 Å². The molecule has 2 aromatic rings. The summed E-state index contributed by atoms with van der Waals surface area (Å²) in [6, 6.07) is 13.7.